The molecular weight excluding hydrogens is 202 g/mol. The van der Waals surface area contributed by atoms with E-state index in [1.54, 1.807) is 13.3 Å². The minimum Gasteiger partial charge on any atom is -0.495 e. The molecule has 2 heterocycles. The molecule has 0 amide bonds. The quantitative estimate of drug-likeness (QED) is 0.828. The highest BCUT2D eigenvalue weighted by Crippen LogP contribution is 2.27. The van der Waals surface area contributed by atoms with Crippen molar-refractivity contribution in [2.75, 3.05) is 33.3 Å². The third kappa shape index (κ3) is 2.33. The number of methoxy groups -OCH3 is 1. The fraction of sp³-hybridized carbons (Fsp3) is 0.583. The van der Waals surface area contributed by atoms with Crippen molar-refractivity contribution in [2.24, 2.45) is 0 Å². The minimum atomic E-state index is 0.389. The second-order valence-corrected chi connectivity index (χ2v) is 4.08. The third-order valence-corrected chi connectivity index (χ3v) is 3.19. The van der Waals surface area contributed by atoms with Gasteiger partial charge in [0, 0.05) is 44.0 Å². The fourth-order valence-electron chi connectivity index (χ4n) is 2.17. The molecule has 4 nitrogen and oxygen atoms in total. The normalized spacial score (nSPS) is 19.4. The van der Waals surface area contributed by atoms with Gasteiger partial charge >= 0.3 is 0 Å². The van der Waals surface area contributed by atoms with E-state index in [0.29, 0.717) is 6.04 Å². The first-order valence-electron chi connectivity index (χ1n) is 5.75. The van der Waals surface area contributed by atoms with Crippen LogP contribution in [0.5, 0.6) is 5.75 Å². The maximum Gasteiger partial charge on any atom is 0.141 e. The lowest BCUT2D eigenvalue weighted by Gasteiger charge is -2.33. The zero-order chi connectivity index (χ0) is 11.4. The van der Waals surface area contributed by atoms with Gasteiger partial charge in [0.2, 0.25) is 0 Å². The Morgan fingerprint density at radius 2 is 2.19 bits per heavy atom. The number of nitrogens with zero attached hydrogens (tertiary/aromatic N) is 2. The molecule has 16 heavy (non-hydrogen) atoms. The molecule has 0 aromatic carbocycles. The molecule has 1 aromatic heterocycles. The summed E-state index contributed by atoms with van der Waals surface area (Å²) >= 11 is 0. The highest BCUT2D eigenvalue weighted by molar-refractivity contribution is 5.32. The van der Waals surface area contributed by atoms with Crippen molar-refractivity contribution in [1.29, 1.82) is 0 Å². The van der Waals surface area contributed by atoms with E-state index in [-0.39, 0.29) is 0 Å². The monoisotopic (exact) mass is 221 g/mol. The molecule has 4 heteroatoms. The van der Waals surface area contributed by atoms with E-state index < -0.39 is 0 Å². The smallest absolute Gasteiger partial charge is 0.141 e. The van der Waals surface area contributed by atoms with Crippen molar-refractivity contribution >= 4 is 0 Å². The molecule has 0 radical (unpaired) electrons. The Hall–Kier alpha value is -1.13. The summed E-state index contributed by atoms with van der Waals surface area (Å²) in [7, 11) is 1.70. The number of nitrogens with one attached hydrogen (secondary N) is 1. The Balaban J connectivity index is 2.15. The molecule has 0 bridgehead atoms. The number of rotatable bonds is 3. The molecule has 1 aliphatic rings. The van der Waals surface area contributed by atoms with Gasteiger partial charge in [-0.15, -0.1) is 0 Å². The summed E-state index contributed by atoms with van der Waals surface area (Å²) in [5.41, 5.74) is 1.22. The Labute approximate surface area is 96.6 Å². The molecule has 1 fully saturated rings. The maximum atomic E-state index is 5.35. The van der Waals surface area contributed by atoms with Gasteiger partial charge in [-0.1, -0.05) is 0 Å². The molecule has 88 valence electrons. The van der Waals surface area contributed by atoms with E-state index >= 15 is 0 Å². The summed E-state index contributed by atoms with van der Waals surface area (Å²) in [6.07, 6.45) is 3.62. The van der Waals surface area contributed by atoms with Gasteiger partial charge in [-0.3, -0.25) is 9.88 Å². The largest absolute Gasteiger partial charge is 0.495 e. The van der Waals surface area contributed by atoms with Crippen LogP contribution in [0, 0.1) is 0 Å². The van der Waals surface area contributed by atoms with Crippen molar-refractivity contribution in [2.45, 2.75) is 13.0 Å². The number of aromatic nitrogens is 1. The van der Waals surface area contributed by atoms with Gasteiger partial charge in [0.1, 0.15) is 5.75 Å². The van der Waals surface area contributed by atoms with Crippen LogP contribution in [0.15, 0.2) is 18.5 Å². The molecule has 2 rings (SSSR count). The van der Waals surface area contributed by atoms with Crippen molar-refractivity contribution in [3.8, 4) is 5.75 Å². The standard InChI is InChI=1S/C12H19N3O/c1-10(15-7-5-13-6-8-15)11-3-4-14-9-12(11)16-2/h3-4,9-10,13H,5-8H2,1-2H3. The summed E-state index contributed by atoms with van der Waals surface area (Å²) in [5, 5.41) is 3.36. The van der Waals surface area contributed by atoms with Crippen LogP contribution in [-0.2, 0) is 0 Å². The second-order valence-electron chi connectivity index (χ2n) is 4.08. The maximum absolute atomic E-state index is 5.35. The van der Waals surface area contributed by atoms with E-state index in [1.165, 1.54) is 5.56 Å². The molecule has 0 aliphatic carbocycles. The van der Waals surface area contributed by atoms with Gasteiger partial charge < -0.3 is 10.1 Å². The molecule has 1 aliphatic heterocycles. The highest BCUT2D eigenvalue weighted by Gasteiger charge is 2.20. The average molecular weight is 221 g/mol. The van der Waals surface area contributed by atoms with Gasteiger partial charge in [0.05, 0.1) is 13.3 Å². The molecule has 0 spiro atoms. The lowest BCUT2D eigenvalue weighted by atomic mass is 10.1. The number of hydrogen-bond acceptors (Lipinski definition) is 4. The van der Waals surface area contributed by atoms with Crippen molar-refractivity contribution < 1.29 is 4.74 Å². The molecule has 1 unspecified atom stereocenters. The second kappa shape index (κ2) is 5.27. The fourth-order valence-corrected chi connectivity index (χ4v) is 2.17. The van der Waals surface area contributed by atoms with E-state index in [4.69, 9.17) is 4.74 Å². The first kappa shape index (κ1) is 11.4. The van der Waals surface area contributed by atoms with Crippen molar-refractivity contribution in [3.63, 3.8) is 0 Å². The number of piperazine rings is 1. The van der Waals surface area contributed by atoms with Crippen LogP contribution in [0.2, 0.25) is 0 Å². The lowest BCUT2D eigenvalue weighted by Crippen LogP contribution is -2.44. The Kier molecular flexibility index (Phi) is 3.74. The van der Waals surface area contributed by atoms with E-state index in [2.05, 4.69) is 22.1 Å². The number of hydrogen-bond donors (Lipinski definition) is 1. The number of ether oxygens (including phenoxy) is 1. The first-order chi connectivity index (χ1) is 7.83. The third-order valence-electron chi connectivity index (χ3n) is 3.19. The topological polar surface area (TPSA) is 37.4 Å². The summed E-state index contributed by atoms with van der Waals surface area (Å²) in [6.45, 7) is 6.54. The van der Waals surface area contributed by atoms with Gasteiger partial charge in [-0.2, -0.15) is 0 Å². The van der Waals surface area contributed by atoms with Crippen LogP contribution in [0.25, 0.3) is 0 Å². The summed E-state index contributed by atoms with van der Waals surface area (Å²) < 4.78 is 5.35. The molecule has 1 saturated heterocycles. The van der Waals surface area contributed by atoms with Crippen LogP contribution in [-0.4, -0.2) is 43.2 Å². The van der Waals surface area contributed by atoms with Crippen molar-refractivity contribution in [1.82, 2.24) is 15.2 Å². The molecular formula is C12H19N3O. The van der Waals surface area contributed by atoms with E-state index in [0.717, 1.165) is 31.9 Å². The molecule has 1 N–H and O–H groups in total. The van der Waals surface area contributed by atoms with Gasteiger partial charge in [-0.25, -0.2) is 0 Å². The highest BCUT2D eigenvalue weighted by atomic mass is 16.5. The van der Waals surface area contributed by atoms with E-state index in [9.17, 15) is 0 Å². The minimum absolute atomic E-state index is 0.389. The zero-order valence-corrected chi connectivity index (χ0v) is 9.94. The molecule has 1 atom stereocenters. The summed E-state index contributed by atoms with van der Waals surface area (Å²) in [5.74, 6) is 0.883. The van der Waals surface area contributed by atoms with Crippen molar-refractivity contribution in [3.05, 3.63) is 24.0 Å². The van der Waals surface area contributed by atoms with Crippen LogP contribution in [0.3, 0.4) is 0 Å². The zero-order valence-electron chi connectivity index (χ0n) is 9.94. The first-order valence-corrected chi connectivity index (χ1v) is 5.75. The summed E-state index contributed by atoms with van der Waals surface area (Å²) in [6, 6.07) is 2.44. The predicted molar refractivity (Wildman–Crippen MR) is 63.6 cm³/mol. The Morgan fingerprint density at radius 3 is 2.88 bits per heavy atom. The number of pyridine rings is 1. The average Bonchev–Trinajstić information content (AvgIpc) is 2.39. The van der Waals surface area contributed by atoms with Crippen LogP contribution >= 0.6 is 0 Å². The summed E-state index contributed by atoms with van der Waals surface area (Å²) in [4.78, 5) is 6.55. The molecule has 0 saturated carbocycles. The van der Waals surface area contributed by atoms with Crippen LogP contribution in [0.1, 0.15) is 18.5 Å². The van der Waals surface area contributed by atoms with Gasteiger partial charge in [-0.05, 0) is 13.0 Å². The van der Waals surface area contributed by atoms with E-state index in [1.807, 2.05) is 12.3 Å². The Bertz CT molecular complexity index is 337. The van der Waals surface area contributed by atoms with Gasteiger partial charge in [0.15, 0.2) is 0 Å². The predicted octanol–water partition coefficient (Wildman–Crippen LogP) is 1.06. The Morgan fingerprint density at radius 1 is 1.44 bits per heavy atom. The van der Waals surface area contributed by atoms with Crippen LogP contribution in [0.4, 0.5) is 0 Å². The lowest BCUT2D eigenvalue weighted by molar-refractivity contribution is 0.182. The van der Waals surface area contributed by atoms with Gasteiger partial charge in [0.25, 0.3) is 0 Å². The molecule has 1 aromatic rings. The van der Waals surface area contributed by atoms with Crippen LogP contribution < -0.4 is 10.1 Å². The SMILES string of the molecule is COc1cnccc1C(C)N1CCNCC1.